The highest BCUT2D eigenvalue weighted by atomic mass is 32.1. The fourth-order valence-electron chi connectivity index (χ4n) is 3.73. The normalized spacial score (nSPS) is 14.1. The third kappa shape index (κ3) is 5.81. The lowest BCUT2D eigenvalue weighted by Crippen LogP contribution is -2.29. The Hall–Kier alpha value is -3.49. The summed E-state index contributed by atoms with van der Waals surface area (Å²) in [7, 11) is 4.53. The van der Waals surface area contributed by atoms with Crippen molar-refractivity contribution >= 4 is 32.8 Å². The van der Waals surface area contributed by atoms with Gasteiger partial charge in [0.15, 0.2) is 11.5 Å². The van der Waals surface area contributed by atoms with Gasteiger partial charge < -0.3 is 23.8 Å². The van der Waals surface area contributed by atoms with Crippen molar-refractivity contribution in [3.63, 3.8) is 0 Å². The summed E-state index contributed by atoms with van der Waals surface area (Å²) in [5.74, 6) is 0.802. The predicted molar refractivity (Wildman–Crippen MR) is 139 cm³/mol. The fourth-order valence-corrected chi connectivity index (χ4v) is 4.70. The average molecular weight is 553 g/mol. The second-order valence-corrected chi connectivity index (χ2v) is 8.97. The average Bonchev–Trinajstić information content (AvgIpc) is 3.62. The van der Waals surface area contributed by atoms with Gasteiger partial charge in [0.25, 0.3) is 0 Å². The Morgan fingerprint density at radius 2 is 1.79 bits per heavy atom. The van der Waals surface area contributed by atoms with Crippen molar-refractivity contribution in [2.75, 3.05) is 59.1 Å². The van der Waals surface area contributed by atoms with Gasteiger partial charge in [-0.2, -0.15) is 22.9 Å². The minimum atomic E-state index is -4.76. The van der Waals surface area contributed by atoms with Gasteiger partial charge in [0, 0.05) is 20.2 Å². The Bertz CT molecular complexity index is 1320. The smallest absolute Gasteiger partial charge is 0.437 e. The van der Waals surface area contributed by atoms with E-state index < -0.39 is 17.6 Å². The van der Waals surface area contributed by atoms with Crippen molar-refractivity contribution in [2.45, 2.75) is 13.1 Å². The van der Waals surface area contributed by atoms with E-state index in [1.807, 2.05) is 13.0 Å². The minimum absolute atomic E-state index is 0.0696. The number of alkyl halides is 3. The summed E-state index contributed by atoms with van der Waals surface area (Å²) in [5.41, 5.74) is -1.18. The molecule has 14 heteroatoms. The maximum atomic E-state index is 14.0. The Labute approximate surface area is 221 Å². The number of rotatable bonds is 12. The lowest BCUT2D eigenvalue weighted by Gasteiger charge is -2.20. The molecule has 0 fully saturated rings. The van der Waals surface area contributed by atoms with Gasteiger partial charge in [-0.25, -0.2) is 4.99 Å². The van der Waals surface area contributed by atoms with Crippen molar-refractivity contribution < 1.29 is 32.1 Å². The number of hydrogen-bond acceptors (Lipinski definition) is 10. The van der Waals surface area contributed by atoms with Gasteiger partial charge in [0.2, 0.25) is 5.82 Å². The first kappa shape index (κ1) is 27.5. The second kappa shape index (κ2) is 11.9. The van der Waals surface area contributed by atoms with Crippen LogP contribution in [0.25, 0.3) is 11.4 Å². The van der Waals surface area contributed by atoms with Gasteiger partial charge >= 0.3 is 6.18 Å². The molecule has 0 atom stereocenters. The highest BCUT2D eigenvalue weighted by Gasteiger charge is 2.46. The standard InChI is InChI=1S/C24H27F3N6O4S/c1-5-32(10-11-37-13-12-34-2)19-9-8-18(38-19)28-20-21(24(25,26)27)31-33-22(29-30-23(20)33)16-14-15(35-3)6-7-17(16)36-4/h6-9,14H,5,10-13H2,1-4H3. The van der Waals surface area contributed by atoms with Gasteiger partial charge in [0.1, 0.15) is 22.2 Å². The molecule has 10 nitrogen and oxygen atoms in total. The topological polar surface area (TPSA) is 95.6 Å². The number of halogens is 3. The summed E-state index contributed by atoms with van der Waals surface area (Å²) in [6.07, 6.45) is -4.76. The van der Waals surface area contributed by atoms with Crippen molar-refractivity contribution in [3.05, 3.63) is 36.2 Å². The predicted octanol–water partition coefficient (Wildman–Crippen LogP) is 4.41. The van der Waals surface area contributed by atoms with Gasteiger partial charge in [-0.15, -0.1) is 10.2 Å². The molecule has 4 rings (SSSR count). The second-order valence-electron chi connectivity index (χ2n) is 7.93. The molecule has 0 unspecified atom stereocenters. The molecule has 0 amide bonds. The number of ether oxygens (including phenoxy) is 4. The van der Waals surface area contributed by atoms with E-state index in [0.717, 1.165) is 9.68 Å². The maximum absolute atomic E-state index is 14.0. The van der Waals surface area contributed by atoms with E-state index in [-0.39, 0.29) is 11.6 Å². The van der Waals surface area contributed by atoms with Crippen LogP contribution in [0.1, 0.15) is 12.7 Å². The van der Waals surface area contributed by atoms with Gasteiger partial charge in [-0.05, 0) is 37.3 Å². The molecule has 0 bridgehead atoms. The van der Waals surface area contributed by atoms with Crippen LogP contribution in [-0.2, 0) is 9.47 Å². The summed E-state index contributed by atoms with van der Waals surface area (Å²) in [5, 5.41) is 13.2. The number of hydrogen-bond donors (Lipinski definition) is 0. The SMILES string of the molecule is CCN(CCOCCOC)c1ccc(N=C2C(C(F)(F)F)=Nn3c2nnc3-c2cc(OC)ccc2OC)s1. The van der Waals surface area contributed by atoms with Crippen molar-refractivity contribution in [1.29, 1.82) is 0 Å². The van der Waals surface area contributed by atoms with Crippen LogP contribution in [0, 0.1) is 0 Å². The molecular formula is C24H27F3N6O4S. The molecule has 0 aliphatic carbocycles. The Morgan fingerprint density at radius 1 is 1.00 bits per heavy atom. The molecule has 3 heterocycles. The minimum Gasteiger partial charge on any atom is -0.497 e. The van der Waals surface area contributed by atoms with E-state index in [9.17, 15) is 13.2 Å². The maximum Gasteiger partial charge on any atom is 0.437 e. The quantitative estimate of drug-likeness (QED) is 0.307. The molecule has 1 aromatic carbocycles. The van der Waals surface area contributed by atoms with E-state index in [1.54, 1.807) is 31.4 Å². The number of nitrogens with zero attached hydrogens (tertiary/aromatic N) is 6. The number of benzene rings is 1. The molecule has 0 saturated heterocycles. The first-order valence-corrected chi connectivity index (χ1v) is 12.5. The van der Waals surface area contributed by atoms with Gasteiger partial charge in [-0.1, -0.05) is 11.3 Å². The van der Waals surface area contributed by atoms with Gasteiger partial charge in [-0.3, -0.25) is 0 Å². The van der Waals surface area contributed by atoms with Crippen LogP contribution in [-0.4, -0.2) is 86.7 Å². The number of likely N-dealkylation sites (N-methyl/N-ethyl adjacent to an activating group) is 1. The molecule has 0 spiro atoms. The zero-order valence-electron chi connectivity index (χ0n) is 21.3. The molecule has 0 radical (unpaired) electrons. The lowest BCUT2D eigenvalue weighted by atomic mass is 10.1. The first-order chi connectivity index (χ1) is 18.3. The lowest BCUT2D eigenvalue weighted by molar-refractivity contribution is -0.0567. The summed E-state index contributed by atoms with van der Waals surface area (Å²) >= 11 is 1.26. The fraction of sp³-hybridized carbons (Fsp3) is 0.417. The van der Waals surface area contributed by atoms with Crippen LogP contribution in [0.5, 0.6) is 11.5 Å². The molecule has 1 aliphatic rings. The highest BCUT2D eigenvalue weighted by molar-refractivity contribution is 7.19. The first-order valence-electron chi connectivity index (χ1n) is 11.7. The van der Waals surface area contributed by atoms with Crippen LogP contribution >= 0.6 is 11.3 Å². The molecular weight excluding hydrogens is 525 g/mol. The van der Waals surface area contributed by atoms with Crippen molar-refractivity contribution in [2.24, 2.45) is 10.1 Å². The highest BCUT2D eigenvalue weighted by Crippen LogP contribution is 2.37. The van der Waals surface area contributed by atoms with E-state index in [4.69, 9.17) is 18.9 Å². The number of anilines is 1. The Kier molecular flexibility index (Phi) is 8.64. The molecule has 204 valence electrons. The van der Waals surface area contributed by atoms with E-state index in [0.29, 0.717) is 55.0 Å². The third-order valence-corrected chi connectivity index (χ3v) is 6.66. The number of aromatic nitrogens is 3. The zero-order valence-corrected chi connectivity index (χ0v) is 22.1. The monoisotopic (exact) mass is 552 g/mol. The van der Waals surface area contributed by atoms with E-state index in [1.165, 1.54) is 25.6 Å². The van der Waals surface area contributed by atoms with Crippen LogP contribution in [0.2, 0.25) is 0 Å². The molecule has 38 heavy (non-hydrogen) atoms. The molecule has 0 saturated carbocycles. The molecule has 3 aromatic rings. The molecule has 1 aliphatic heterocycles. The van der Waals surface area contributed by atoms with Crippen LogP contribution < -0.4 is 14.4 Å². The van der Waals surface area contributed by atoms with Gasteiger partial charge in [0.05, 0.1) is 44.6 Å². The number of aliphatic imine (C=N–C) groups is 1. The molecule has 0 N–H and O–H groups in total. The van der Waals surface area contributed by atoms with Crippen LogP contribution in [0.3, 0.4) is 0 Å². The van der Waals surface area contributed by atoms with Crippen LogP contribution in [0.4, 0.5) is 23.2 Å². The number of methoxy groups -OCH3 is 3. The summed E-state index contributed by atoms with van der Waals surface area (Å²) in [6, 6.07) is 8.38. The Balaban J connectivity index is 1.66. The van der Waals surface area contributed by atoms with E-state index in [2.05, 4.69) is 25.2 Å². The van der Waals surface area contributed by atoms with Crippen LogP contribution in [0.15, 0.2) is 40.4 Å². The van der Waals surface area contributed by atoms with E-state index >= 15 is 0 Å². The van der Waals surface area contributed by atoms with Crippen molar-refractivity contribution in [3.8, 4) is 22.9 Å². The third-order valence-electron chi connectivity index (χ3n) is 5.62. The van der Waals surface area contributed by atoms with Crippen molar-refractivity contribution in [1.82, 2.24) is 14.9 Å². The number of thiophene rings is 1. The molecule has 2 aromatic heterocycles. The zero-order chi connectivity index (χ0) is 27.3. The summed E-state index contributed by atoms with van der Waals surface area (Å²) in [4.78, 5) is 6.38. The summed E-state index contributed by atoms with van der Waals surface area (Å²) in [6.45, 7) is 4.78. The summed E-state index contributed by atoms with van der Waals surface area (Å²) < 4.78 is 64.2. The Morgan fingerprint density at radius 3 is 2.47 bits per heavy atom. The number of fused-ring (bicyclic) bond motifs is 1. The largest absolute Gasteiger partial charge is 0.497 e.